The normalized spacial score (nSPS) is 25.8. The van der Waals surface area contributed by atoms with Gasteiger partial charge in [-0.15, -0.1) is 0 Å². The molecule has 2 heterocycles. The third-order valence-electron chi connectivity index (χ3n) is 3.83. The van der Waals surface area contributed by atoms with Gasteiger partial charge in [0.15, 0.2) is 9.84 Å². The van der Waals surface area contributed by atoms with Gasteiger partial charge in [0.25, 0.3) is 0 Å². The van der Waals surface area contributed by atoms with Gasteiger partial charge in [0, 0.05) is 13.1 Å². The number of hydrogen-bond donors (Lipinski definition) is 1. The number of sulfone groups is 1. The summed E-state index contributed by atoms with van der Waals surface area (Å²) >= 11 is 0. The summed E-state index contributed by atoms with van der Waals surface area (Å²) in [5, 5.41) is 8.67. The van der Waals surface area contributed by atoms with E-state index < -0.39 is 45.0 Å². The van der Waals surface area contributed by atoms with Gasteiger partial charge in [0.2, 0.25) is 0 Å². The molecule has 0 unspecified atom stereocenters. The third-order valence-corrected chi connectivity index (χ3v) is 6.36. The number of hydrogen-bond acceptors (Lipinski definition) is 6. The molecule has 22 heavy (non-hydrogen) atoms. The number of carbonyl (C=O) groups is 2. The molecule has 0 bridgehead atoms. The highest BCUT2D eigenvalue weighted by atomic mass is 32.2. The van der Waals surface area contributed by atoms with E-state index in [4.69, 9.17) is 14.6 Å². The molecule has 126 valence electrons. The fourth-order valence-corrected chi connectivity index (χ4v) is 5.01. The van der Waals surface area contributed by atoms with E-state index in [1.165, 1.54) is 4.90 Å². The summed E-state index contributed by atoms with van der Waals surface area (Å²) in [4.78, 5) is 23.9. The number of ether oxygens (including phenoxy) is 2. The van der Waals surface area contributed by atoms with Gasteiger partial charge in [-0.2, -0.15) is 0 Å². The monoisotopic (exact) mass is 335 g/mol. The SMILES string of the molecule is CC(C)(C)OC(=O)N1CC2(C1)[C@H](OCC(=O)O)CCS2(=O)=O. The molecule has 2 saturated heterocycles. The van der Waals surface area contributed by atoms with Crippen LogP contribution < -0.4 is 0 Å². The van der Waals surface area contributed by atoms with Gasteiger partial charge in [-0.1, -0.05) is 0 Å². The lowest BCUT2D eigenvalue weighted by Gasteiger charge is -2.49. The van der Waals surface area contributed by atoms with E-state index >= 15 is 0 Å². The maximum Gasteiger partial charge on any atom is 0.410 e. The van der Waals surface area contributed by atoms with E-state index in [0.29, 0.717) is 0 Å². The number of rotatable bonds is 3. The van der Waals surface area contributed by atoms with Crippen LogP contribution in [-0.4, -0.2) is 72.4 Å². The van der Waals surface area contributed by atoms with Crippen molar-refractivity contribution in [2.75, 3.05) is 25.4 Å². The molecule has 2 aliphatic rings. The molecular formula is C13H21NO7S. The van der Waals surface area contributed by atoms with Crippen LogP contribution in [0, 0.1) is 0 Å². The van der Waals surface area contributed by atoms with E-state index in [2.05, 4.69) is 0 Å². The van der Waals surface area contributed by atoms with Crippen molar-refractivity contribution in [3.63, 3.8) is 0 Å². The topological polar surface area (TPSA) is 110 Å². The lowest BCUT2D eigenvalue weighted by molar-refractivity contribution is -0.146. The second-order valence-corrected chi connectivity index (χ2v) is 9.15. The van der Waals surface area contributed by atoms with E-state index in [1.54, 1.807) is 20.8 Å². The fraction of sp³-hybridized carbons (Fsp3) is 0.846. The predicted molar refractivity (Wildman–Crippen MR) is 76.3 cm³/mol. The minimum absolute atomic E-state index is 0.0193. The highest BCUT2D eigenvalue weighted by Crippen LogP contribution is 2.42. The van der Waals surface area contributed by atoms with Gasteiger partial charge in [-0.05, 0) is 27.2 Å². The number of likely N-dealkylation sites (tertiary alicyclic amines) is 1. The molecule has 0 radical (unpaired) electrons. The van der Waals surface area contributed by atoms with Gasteiger partial charge in [0.05, 0.1) is 11.9 Å². The summed E-state index contributed by atoms with van der Waals surface area (Å²) in [7, 11) is -3.42. The van der Waals surface area contributed by atoms with Crippen LogP contribution >= 0.6 is 0 Å². The Labute approximate surface area is 129 Å². The molecule has 2 fully saturated rings. The highest BCUT2D eigenvalue weighted by Gasteiger charge is 2.64. The molecule has 2 aliphatic heterocycles. The number of carbonyl (C=O) groups excluding carboxylic acids is 1. The average Bonchev–Trinajstić information content (AvgIpc) is 2.53. The molecule has 8 nitrogen and oxygen atoms in total. The van der Waals surface area contributed by atoms with Crippen LogP contribution in [0.3, 0.4) is 0 Å². The maximum atomic E-state index is 12.3. The van der Waals surface area contributed by atoms with Crippen LogP contribution in [0.25, 0.3) is 0 Å². The molecule has 1 amide bonds. The van der Waals surface area contributed by atoms with Crippen molar-refractivity contribution in [1.82, 2.24) is 4.90 Å². The van der Waals surface area contributed by atoms with Crippen molar-refractivity contribution >= 4 is 21.9 Å². The summed E-state index contributed by atoms with van der Waals surface area (Å²) in [6, 6.07) is 0. The maximum absolute atomic E-state index is 12.3. The number of carboxylic acid groups (broad SMARTS) is 1. The largest absolute Gasteiger partial charge is 0.480 e. The number of carboxylic acids is 1. The number of amides is 1. The summed E-state index contributed by atoms with van der Waals surface area (Å²) in [5.41, 5.74) is -0.659. The van der Waals surface area contributed by atoms with Gasteiger partial charge in [0.1, 0.15) is 17.0 Å². The molecule has 9 heteroatoms. The van der Waals surface area contributed by atoms with Crippen LogP contribution in [0.5, 0.6) is 0 Å². The molecule has 0 aromatic heterocycles. The second-order valence-electron chi connectivity index (χ2n) is 6.70. The van der Waals surface area contributed by atoms with E-state index in [1.807, 2.05) is 0 Å². The van der Waals surface area contributed by atoms with Crippen molar-refractivity contribution in [3.05, 3.63) is 0 Å². The standard InChI is InChI=1S/C13H21NO7S/c1-12(2,3)21-11(17)14-7-13(8-14)9(20-6-10(15)16)4-5-22(13,18)19/h9H,4-8H2,1-3H3,(H,15,16)/t9-/m1/s1. The van der Waals surface area contributed by atoms with E-state index in [0.717, 1.165) is 0 Å². The quantitative estimate of drug-likeness (QED) is 0.788. The summed E-state index contributed by atoms with van der Waals surface area (Å²) in [5.74, 6) is -1.21. The highest BCUT2D eigenvalue weighted by molar-refractivity contribution is 7.93. The van der Waals surface area contributed by atoms with E-state index in [9.17, 15) is 18.0 Å². The molecule has 0 saturated carbocycles. The molecule has 0 aliphatic carbocycles. The lowest BCUT2D eigenvalue weighted by Crippen LogP contribution is -2.70. The molecule has 1 atom stereocenters. The zero-order valence-electron chi connectivity index (χ0n) is 12.9. The summed E-state index contributed by atoms with van der Waals surface area (Å²) in [6.07, 6.45) is -1.03. The van der Waals surface area contributed by atoms with Crippen LogP contribution in [0.1, 0.15) is 27.2 Å². The first-order valence-corrected chi connectivity index (χ1v) is 8.66. The van der Waals surface area contributed by atoms with Gasteiger partial charge < -0.3 is 19.5 Å². The van der Waals surface area contributed by atoms with Crippen LogP contribution in [0.15, 0.2) is 0 Å². The lowest BCUT2D eigenvalue weighted by atomic mass is 9.91. The van der Waals surface area contributed by atoms with Crippen LogP contribution in [0.2, 0.25) is 0 Å². The predicted octanol–water partition coefficient (Wildman–Crippen LogP) is 0.264. The summed E-state index contributed by atoms with van der Waals surface area (Å²) < 4.78 is 33.8. The number of aliphatic carboxylic acids is 1. The Hall–Kier alpha value is -1.35. The third kappa shape index (κ3) is 3.05. The first-order chi connectivity index (χ1) is 9.97. The molecule has 0 aromatic rings. The fourth-order valence-electron chi connectivity index (χ4n) is 2.79. The minimum atomic E-state index is -3.42. The number of nitrogens with zero attached hydrogens (tertiary/aromatic N) is 1. The van der Waals surface area contributed by atoms with Crippen molar-refractivity contribution in [2.24, 2.45) is 0 Å². The van der Waals surface area contributed by atoms with Crippen molar-refractivity contribution < 1.29 is 32.6 Å². The zero-order chi connectivity index (χ0) is 16.8. The Kier molecular flexibility index (Phi) is 4.16. The molecule has 2 rings (SSSR count). The first-order valence-electron chi connectivity index (χ1n) is 7.00. The first kappa shape index (κ1) is 17.0. The Morgan fingerprint density at radius 1 is 1.32 bits per heavy atom. The second kappa shape index (κ2) is 5.38. The Bertz CT molecular complexity index is 572. The van der Waals surface area contributed by atoms with Crippen LogP contribution in [0.4, 0.5) is 4.79 Å². The van der Waals surface area contributed by atoms with Gasteiger partial charge in [-0.3, -0.25) is 0 Å². The zero-order valence-corrected chi connectivity index (χ0v) is 13.7. The van der Waals surface area contributed by atoms with Crippen molar-refractivity contribution in [3.8, 4) is 0 Å². The minimum Gasteiger partial charge on any atom is -0.480 e. The molecule has 1 spiro atoms. The smallest absolute Gasteiger partial charge is 0.410 e. The van der Waals surface area contributed by atoms with Crippen LogP contribution in [-0.2, 0) is 24.1 Å². The van der Waals surface area contributed by atoms with Gasteiger partial charge in [-0.25, -0.2) is 18.0 Å². The Balaban J connectivity index is 2.06. The van der Waals surface area contributed by atoms with Crippen molar-refractivity contribution in [1.29, 1.82) is 0 Å². The molecular weight excluding hydrogens is 314 g/mol. The van der Waals surface area contributed by atoms with E-state index in [-0.39, 0.29) is 25.3 Å². The van der Waals surface area contributed by atoms with Crippen molar-refractivity contribution in [2.45, 2.75) is 43.6 Å². The molecule has 1 N–H and O–H groups in total. The average molecular weight is 335 g/mol. The summed E-state index contributed by atoms with van der Waals surface area (Å²) in [6.45, 7) is 4.60. The van der Waals surface area contributed by atoms with Gasteiger partial charge >= 0.3 is 12.1 Å². The Morgan fingerprint density at radius 3 is 2.41 bits per heavy atom. The molecule has 0 aromatic carbocycles. The Morgan fingerprint density at radius 2 is 1.91 bits per heavy atom.